The number of carbonyl (C=O) groups excluding carboxylic acids is 1. The van der Waals surface area contributed by atoms with Gasteiger partial charge in [0.2, 0.25) is 0 Å². The largest absolute Gasteiger partial charge is 0.397 e. The van der Waals surface area contributed by atoms with Crippen molar-refractivity contribution in [3.8, 4) is 0 Å². The molecular formula is C13H8F3IN2O. The second-order valence-electron chi connectivity index (χ2n) is 3.90. The van der Waals surface area contributed by atoms with E-state index in [9.17, 15) is 18.0 Å². The standard InChI is InChI=1S/C13H8F3IN2O/c14-6-1-2-7(9(17)5-6)13(20)19-12-10(18)4-3-8(15)11(12)16/h1-5H,18H2,(H,19,20). The van der Waals surface area contributed by atoms with Crippen LogP contribution in [0.15, 0.2) is 30.3 Å². The molecule has 3 N–H and O–H groups in total. The second-order valence-corrected chi connectivity index (χ2v) is 5.07. The fourth-order valence-corrected chi connectivity index (χ4v) is 2.27. The van der Waals surface area contributed by atoms with Gasteiger partial charge in [-0.05, 0) is 52.9 Å². The normalized spacial score (nSPS) is 10.4. The predicted molar refractivity (Wildman–Crippen MR) is 77.8 cm³/mol. The van der Waals surface area contributed by atoms with Crippen LogP contribution in [0.3, 0.4) is 0 Å². The minimum atomic E-state index is -1.24. The van der Waals surface area contributed by atoms with Crippen LogP contribution in [-0.4, -0.2) is 5.91 Å². The number of halogens is 4. The van der Waals surface area contributed by atoms with E-state index >= 15 is 0 Å². The molecule has 0 saturated heterocycles. The Morgan fingerprint density at radius 1 is 1.15 bits per heavy atom. The van der Waals surface area contributed by atoms with Gasteiger partial charge in [0.05, 0.1) is 11.3 Å². The van der Waals surface area contributed by atoms with Crippen LogP contribution in [0.1, 0.15) is 10.4 Å². The molecule has 2 aromatic carbocycles. The third-order valence-electron chi connectivity index (χ3n) is 2.54. The summed E-state index contributed by atoms with van der Waals surface area (Å²) in [6, 6.07) is 5.51. The van der Waals surface area contributed by atoms with Crippen molar-refractivity contribution in [2.75, 3.05) is 11.1 Å². The highest BCUT2D eigenvalue weighted by Crippen LogP contribution is 2.25. The summed E-state index contributed by atoms with van der Waals surface area (Å²) in [4.78, 5) is 12.0. The number of hydrogen-bond acceptors (Lipinski definition) is 2. The molecule has 0 spiro atoms. The zero-order valence-corrected chi connectivity index (χ0v) is 12.0. The first-order valence-corrected chi connectivity index (χ1v) is 6.48. The van der Waals surface area contributed by atoms with E-state index in [0.717, 1.165) is 24.3 Å². The molecule has 0 aliphatic carbocycles. The maximum atomic E-state index is 13.6. The summed E-state index contributed by atoms with van der Waals surface area (Å²) in [5.41, 5.74) is 5.09. The number of nitrogens with two attached hydrogens (primary N) is 1. The lowest BCUT2D eigenvalue weighted by Gasteiger charge is -2.10. The van der Waals surface area contributed by atoms with E-state index in [-0.39, 0.29) is 11.3 Å². The van der Waals surface area contributed by atoms with Crippen LogP contribution in [0.5, 0.6) is 0 Å². The van der Waals surface area contributed by atoms with Crippen LogP contribution in [0.4, 0.5) is 24.5 Å². The smallest absolute Gasteiger partial charge is 0.256 e. The molecule has 20 heavy (non-hydrogen) atoms. The van der Waals surface area contributed by atoms with Crippen molar-refractivity contribution in [3.63, 3.8) is 0 Å². The Hall–Kier alpha value is -1.77. The number of amides is 1. The lowest BCUT2D eigenvalue weighted by atomic mass is 10.2. The first kappa shape index (κ1) is 14.6. The molecule has 2 rings (SSSR count). The summed E-state index contributed by atoms with van der Waals surface area (Å²) in [5.74, 6) is -3.56. The molecule has 0 fully saturated rings. The van der Waals surface area contributed by atoms with E-state index in [1.807, 2.05) is 0 Å². The molecule has 7 heteroatoms. The molecule has 0 saturated carbocycles. The Morgan fingerprint density at radius 3 is 2.50 bits per heavy atom. The minimum Gasteiger partial charge on any atom is -0.397 e. The Bertz CT molecular complexity index is 692. The van der Waals surface area contributed by atoms with Gasteiger partial charge in [-0.25, -0.2) is 13.2 Å². The molecule has 104 valence electrons. The molecule has 0 radical (unpaired) electrons. The second kappa shape index (κ2) is 5.70. The molecule has 0 bridgehead atoms. The van der Waals surface area contributed by atoms with Crippen LogP contribution in [-0.2, 0) is 0 Å². The van der Waals surface area contributed by atoms with Crippen molar-refractivity contribution < 1.29 is 18.0 Å². The van der Waals surface area contributed by atoms with E-state index in [4.69, 9.17) is 5.73 Å². The zero-order valence-electron chi connectivity index (χ0n) is 9.88. The van der Waals surface area contributed by atoms with Crippen molar-refractivity contribution in [2.45, 2.75) is 0 Å². The van der Waals surface area contributed by atoms with E-state index < -0.39 is 29.0 Å². The van der Waals surface area contributed by atoms with Crippen molar-refractivity contribution in [2.24, 2.45) is 0 Å². The first-order valence-electron chi connectivity index (χ1n) is 5.40. The summed E-state index contributed by atoms with van der Waals surface area (Å²) in [6.45, 7) is 0. The first-order chi connectivity index (χ1) is 9.40. The van der Waals surface area contributed by atoms with Gasteiger partial charge in [0.25, 0.3) is 5.91 Å². The van der Waals surface area contributed by atoms with Crippen LogP contribution in [0.2, 0.25) is 0 Å². The number of nitrogen functional groups attached to an aromatic ring is 1. The molecule has 2 aromatic rings. The maximum Gasteiger partial charge on any atom is 0.256 e. The van der Waals surface area contributed by atoms with Gasteiger partial charge in [-0.15, -0.1) is 0 Å². The van der Waals surface area contributed by atoms with Gasteiger partial charge in [-0.1, -0.05) is 0 Å². The van der Waals surface area contributed by atoms with E-state index in [2.05, 4.69) is 5.32 Å². The van der Waals surface area contributed by atoms with Crippen LogP contribution >= 0.6 is 22.6 Å². The number of carbonyl (C=O) groups is 1. The third kappa shape index (κ3) is 2.87. The fourth-order valence-electron chi connectivity index (χ4n) is 1.55. The third-order valence-corrected chi connectivity index (χ3v) is 3.43. The monoisotopic (exact) mass is 392 g/mol. The van der Waals surface area contributed by atoms with Gasteiger partial charge < -0.3 is 11.1 Å². The van der Waals surface area contributed by atoms with E-state index in [1.54, 1.807) is 22.6 Å². The van der Waals surface area contributed by atoms with E-state index in [0.29, 0.717) is 3.57 Å². The van der Waals surface area contributed by atoms with Gasteiger partial charge in [0.1, 0.15) is 11.5 Å². The van der Waals surface area contributed by atoms with Gasteiger partial charge in [0.15, 0.2) is 11.6 Å². The predicted octanol–water partition coefficient (Wildman–Crippen LogP) is 3.54. The maximum absolute atomic E-state index is 13.6. The summed E-state index contributed by atoms with van der Waals surface area (Å²) >= 11 is 1.77. The van der Waals surface area contributed by atoms with Crippen molar-refractivity contribution in [1.29, 1.82) is 0 Å². The topological polar surface area (TPSA) is 55.1 Å². The van der Waals surface area contributed by atoms with Gasteiger partial charge in [-0.2, -0.15) is 0 Å². The molecule has 0 aromatic heterocycles. The quantitative estimate of drug-likeness (QED) is 0.607. The molecule has 0 heterocycles. The Balaban J connectivity index is 2.35. The summed E-state index contributed by atoms with van der Waals surface area (Å²) in [6.07, 6.45) is 0. The zero-order chi connectivity index (χ0) is 14.9. The highest BCUT2D eigenvalue weighted by atomic mass is 127. The van der Waals surface area contributed by atoms with Crippen LogP contribution < -0.4 is 11.1 Å². The lowest BCUT2D eigenvalue weighted by molar-refractivity contribution is 0.102. The fraction of sp³-hybridized carbons (Fsp3) is 0. The van der Waals surface area contributed by atoms with Crippen LogP contribution in [0.25, 0.3) is 0 Å². The Labute approximate surface area is 126 Å². The Morgan fingerprint density at radius 2 is 1.85 bits per heavy atom. The SMILES string of the molecule is Nc1ccc(F)c(F)c1NC(=O)c1ccc(F)cc1I. The average Bonchev–Trinajstić information content (AvgIpc) is 2.39. The van der Waals surface area contributed by atoms with Gasteiger partial charge >= 0.3 is 0 Å². The number of nitrogens with one attached hydrogen (secondary N) is 1. The van der Waals surface area contributed by atoms with Crippen molar-refractivity contribution in [1.82, 2.24) is 0 Å². The number of anilines is 2. The molecule has 0 aliphatic rings. The van der Waals surface area contributed by atoms with Gasteiger partial charge in [-0.3, -0.25) is 4.79 Å². The summed E-state index contributed by atoms with van der Waals surface area (Å²) in [7, 11) is 0. The number of hydrogen-bond donors (Lipinski definition) is 2. The molecule has 0 atom stereocenters. The van der Waals surface area contributed by atoms with Crippen molar-refractivity contribution in [3.05, 3.63) is 56.9 Å². The van der Waals surface area contributed by atoms with Gasteiger partial charge in [0, 0.05) is 3.57 Å². The summed E-state index contributed by atoms with van der Waals surface area (Å²) in [5, 5.41) is 2.19. The summed E-state index contributed by atoms with van der Waals surface area (Å²) < 4.78 is 40.0. The molecule has 0 aliphatic heterocycles. The molecule has 1 amide bonds. The molecular weight excluding hydrogens is 384 g/mol. The minimum absolute atomic E-state index is 0.102. The Kier molecular flexibility index (Phi) is 4.17. The van der Waals surface area contributed by atoms with Crippen LogP contribution in [0, 0.1) is 21.0 Å². The molecule has 3 nitrogen and oxygen atoms in total. The highest BCUT2D eigenvalue weighted by molar-refractivity contribution is 14.1. The number of benzene rings is 2. The highest BCUT2D eigenvalue weighted by Gasteiger charge is 2.17. The average molecular weight is 392 g/mol. The van der Waals surface area contributed by atoms with E-state index in [1.165, 1.54) is 6.07 Å². The lowest BCUT2D eigenvalue weighted by Crippen LogP contribution is -2.16. The molecule has 0 unspecified atom stereocenters. The van der Waals surface area contributed by atoms with Crippen molar-refractivity contribution >= 4 is 39.9 Å². The number of rotatable bonds is 2.